The highest BCUT2D eigenvalue weighted by atomic mass is 32.2. The zero-order chi connectivity index (χ0) is 12.2. The van der Waals surface area contributed by atoms with E-state index in [0.717, 1.165) is 13.0 Å². The summed E-state index contributed by atoms with van der Waals surface area (Å²) >= 11 is 0. The van der Waals surface area contributed by atoms with E-state index in [1.165, 1.54) is 31.9 Å². The van der Waals surface area contributed by atoms with Crippen LogP contribution in [-0.4, -0.2) is 32.5 Å². The molecule has 1 rings (SSSR count). The highest BCUT2D eigenvalue weighted by Gasteiger charge is 2.33. The Hall–Kier alpha value is -0.0900. The van der Waals surface area contributed by atoms with Crippen LogP contribution in [-0.2, 0) is 9.84 Å². The van der Waals surface area contributed by atoms with E-state index in [1.54, 1.807) is 0 Å². The predicted molar refractivity (Wildman–Crippen MR) is 68.3 cm³/mol. The summed E-state index contributed by atoms with van der Waals surface area (Å²) in [5, 5.41) is 3.18. The zero-order valence-corrected chi connectivity index (χ0v) is 11.5. The third-order valence-corrected chi connectivity index (χ3v) is 5.36. The van der Waals surface area contributed by atoms with Crippen molar-refractivity contribution in [2.75, 3.05) is 12.8 Å². The van der Waals surface area contributed by atoms with E-state index in [0.29, 0.717) is 5.92 Å². The van der Waals surface area contributed by atoms with Crippen molar-refractivity contribution in [1.82, 2.24) is 5.32 Å². The van der Waals surface area contributed by atoms with Gasteiger partial charge in [0.15, 0.2) is 9.84 Å². The number of hydrogen-bond donors (Lipinski definition) is 1. The van der Waals surface area contributed by atoms with E-state index in [-0.39, 0.29) is 11.3 Å². The summed E-state index contributed by atoms with van der Waals surface area (Å²) in [7, 11) is -2.93. The van der Waals surface area contributed by atoms with E-state index in [4.69, 9.17) is 0 Å². The molecule has 96 valence electrons. The Kier molecular flexibility index (Phi) is 5.25. The minimum atomic E-state index is -2.93. The Morgan fingerprint density at radius 2 is 1.88 bits per heavy atom. The van der Waals surface area contributed by atoms with Crippen LogP contribution >= 0.6 is 0 Å². The van der Waals surface area contributed by atoms with Crippen molar-refractivity contribution in [3.8, 4) is 0 Å². The average molecular weight is 247 g/mol. The lowest BCUT2D eigenvalue weighted by molar-refractivity contribution is 0.350. The Balaban J connectivity index is 2.69. The van der Waals surface area contributed by atoms with Gasteiger partial charge < -0.3 is 5.32 Å². The van der Waals surface area contributed by atoms with Crippen molar-refractivity contribution in [2.45, 2.75) is 57.2 Å². The van der Waals surface area contributed by atoms with Gasteiger partial charge in [-0.1, -0.05) is 19.8 Å². The van der Waals surface area contributed by atoms with Gasteiger partial charge in [0.2, 0.25) is 0 Å². The lowest BCUT2D eigenvalue weighted by Crippen LogP contribution is -2.47. The fourth-order valence-electron chi connectivity index (χ4n) is 2.61. The molecule has 4 heteroatoms. The molecule has 1 aliphatic carbocycles. The topological polar surface area (TPSA) is 46.2 Å². The van der Waals surface area contributed by atoms with Crippen molar-refractivity contribution in [3.63, 3.8) is 0 Å². The molecular formula is C12H25NO2S. The predicted octanol–water partition coefficient (Wildman–Crippen LogP) is 1.98. The second-order valence-electron chi connectivity index (χ2n) is 5.06. The Labute approximate surface area is 99.9 Å². The minimum absolute atomic E-state index is 0.150. The molecule has 0 aromatic rings. The Morgan fingerprint density at radius 3 is 2.31 bits per heavy atom. The highest BCUT2D eigenvalue weighted by molar-refractivity contribution is 7.91. The molecule has 1 N–H and O–H groups in total. The average Bonchev–Trinajstić information content (AvgIpc) is 2.70. The molecule has 0 aliphatic heterocycles. The molecule has 2 unspecified atom stereocenters. The maximum Gasteiger partial charge on any atom is 0.151 e. The molecule has 0 aromatic carbocycles. The summed E-state index contributed by atoms with van der Waals surface area (Å²) in [4.78, 5) is 0. The molecule has 0 heterocycles. The van der Waals surface area contributed by atoms with Crippen molar-refractivity contribution in [3.05, 3.63) is 0 Å². The van der Waals surface area contributed by atoms with Gasteiger partial charge in [-0.05, 0) is 38.6 Å². The lowest BCUT2D eigenvalue weighted by atomic mass is 9.95. The molecule has 0 saturated heterocycles. The van der Waals surface area contributed by atoms with Crippen LogP contribution < -0.4 is 5.32 Å². The summed E-state index contributed by atoms with van der Waals surface area (Å²) in [6.07, 6.45) is 7.28. The van der Waals surface area contributed by atoms with E-state index in [9.17, 15) is 8.42 Å². The van der Waals surface area contributed by atoms with Gasteiger partial charge in [0.05, 0.1) is 5.25 Å². The zero-order valence-electron chi connectivity index (χ0n) is 10.7. The van der Waals surface area contributed by atoms with Gasteiger partial charge in [-0.25, -0.2) is 8.42 Å². The molecule has 1 fully saturated rings. The first-order chi connectivity index (χ1) is 7.46. The first-order valence-corrected chi connectivity index (χ1v) is 8.34. The minimum Gasteiger partial charge on any atom is -0.312 e. The molecule has 3 nitrogen and oxygen atoms in total. The number of nitrogens with one attached hydrogen (secondary N) is 1. The van der Waals surface area contributed by atoms with Gasteiger partial charge in [-0.15, -0.1) is 0 Å². The normalized spacial score (nSPS) is 22.2. The quantitative estimate of drug-likeness (QED) is 0.780. The molecule has 16 heavy (non-hydrogen) atoms. The van der Waals surface area contributed by atoms with E-state index in [2.05, 4.69) is 12.2 Å². The van der Waals surface area contributed by atoms with Gasteiger partial charge in [-0.3, -0.25) is 0 Å². The van der Waals surface area contributed by atoms with Crippen LogP contribution in [0.3, 0.4) is 0 Å². The highest BCUT2D eigenvalue weighted by Crippen LogP contribution is 2.30. The van der Waals surface area contributed by atoms with Crippen molar-refractivity contribution < 1.29 is 8.42 Å². The summed E-state index contributed by atoms with van der Waals surface area (Å²) in [6, 6.07) is 0.150. The molecule has 2 atom stereocenters. The number of sulfone groups is 1. The standard InChI is InChI=1S/C12H25NO2S/c1-4-9-13-12(10(2)16(3,14)15)11-7-5-6-8-11/h10-13H,4-9H2,1-3H3. The SMILES string of the molecule is CCCNC(C1CCCC1)C(C)S(C)(=O)=O. The van der Waals surface area contributed by atoms with Gasteiger partial charge in [0.25, 0.3) is 0 Å². The van der Waals surface area contributed by atoms with E-state index >= 15 is 0 Å². The maximum atomic E-state index is 11.7. The number of rotatable bonds is 6. The molecular weight excluding hydrogens is 222 g/mol. The molecule has 1 saturated carbocycles. The first kappa shape index (κ1) is 14.0. The van der Waals surface area contributed by atoms with Crippen LogP contribution in [0.15, 0.2) is 0 Å². The van der Waals surface area contributed by atoms with Crippen molar-refractivity contribution in [1.29, 1.82) is 0 Å². The largest absolute Gasteiger partial charge is 0.312 e. The van der Waals surface area contributed by atoms with Crippen LogP contribution in [0.25, 0.3) is 0 Å². The summed E-state index contributed by atoms with van der Waals surface area (Å²) < 4.78 is 23.3. The van der Waals surface area contributed by atoms with Gasteiger partial charge >= 0.3 is 0 Å². The first-order valence-electron chi connectivity index (χ1n) is 6.39. The van der Waals surface area contributed by atoms with Gasteiger partial charge in [-0.2, -0.15) is 0 Å². The fourth-order valence-corrected chi connectivity index (χ4v) is 3.46. The summed E-state index contributed by atoms with van der Waals surface area (Å²) in [5.74, 6) is 0.552. The molecule has 0 bridgehead atoms. The number of hydrogen-bond acceptors (Lipinski definition) is 3. The van der Waals surface area contributed by atoms with Gasteiger partial charge in [0, 0.05) is 12.3 Å². The molecule has 1 aliphatic rings. The summed E-state index contributed by atoms with van der Waals surface area (Å²) in [6.45, 7) is 4.88. The van der Waals surface area contributed by atoms with Crippen LogP contribution in [0.2, 0.25) is 0 Å². The van der Waals surface area contributed by atoms with Gasteiger partial charge in [0.1, 0.15) is 0 Å². The van der Waals surface area contributed by atoms with Crippen LogP contribution in [0.5, 0.6) is 0 Å². The summed E-state index contributed by atoms with van der Waals surface area (Å²) in [5.41, 5.74) is 0. The molecule has 0 aromatic heterocycles. The molecule has 0 amide bonds. The second kappa shape index (κ2) is 6.01. The van der Waals surface area contributed by atoms with E-state index < -0.39 is 9.84 Å². The maximum absolute atomic E-state index is 11.7. The van der Waals surface area contributed by atoms with Crippen molar-refractivity contribution in [2.24, 2.45) is 5.92 Å². The smallest absolute Gasteiger partial charge is 0.151 e. The van der Waals surface area contributed by atoms with Crippen LogP contribution in [0.1, 0.15) is 46.0 Å². The third kappa shape index (κ3) is 3.74. The molecule has 0 spiro atoms. The third-order valence-electron chi connectivity index (χ3n) is 3.72. The van der Waals surface area contributed by atoms with Crippen molar-refractivity contribution >= 4 is 9.84 Å². The van der Waals surface area contributed by atoms with Crippen LogP contribution in [0.4, 0.5) is 0 Å². The fraction of sp³-hybridized carbons (Fsp3) is 1.00. The molecule has 0 radical (unpaired) electrons. The van der Waals surface area contributed by atoms with Crippen LogP contribution in [0, 0.1) is 5.92 Å². The second-order valence-corrected chi connectivity index (χ2v) is 7.46. The Bertz CT molecular complexity index is 294. The Morgan fingerprint density at radius 1 is 1.31 bits per heavy atom. The lowest BCUT2D eigenvalue weighted by Gasteiger charge is -2.29. The monoisotopic (exact) mass is 247 g/mol. The van der Waals surface area contributed by atoms with E-state index in [1.807, 2.05) is 6.92 Å².